The number of nitrogens with one attached hydrogen (secondary N) is 3. The maximum atomic E-state index is 12.0. The summed E-state index contributed by atoms with van der Waals surface area (Å²) in [6, 6.07) is 7.44. The molecule has 0 saturated heterocycles. The second-order valence-electron chi connectivity index (χ2n) is 7.60. The van der Waals surface area contributed by atoms with Crippen molar-refractivity contribution in [2.45, 2.75) is 56.6 Å². The van der Waals surface area contributed by atoms with E-state index >= 15 is 0 Å². The Balaban J connectivity index is 1.30. The monoisotopic (exact) mass is 366 g/mol. The van der Waals surface area contributed by atoms with Crippen molar-refractivity contribution < 1.29 is 9.53 Å². The van der Waals surface area contributed by atoms with E-state index in [1.54, 1.807) is 12.1 Å². The SMILES string of the molecule is CC1(NC(=O)O[C@@H]2CC[C@H](c3cc(Nc4ccc(C#N)cn4)n[nH]3)C2)CC1. The zero-order valence-electron chi connectivity index (χ0n) is 15.2. The third-order valence-corrected chi connectivity index (χ3v) is 5.25. The lowest BCUT2D eigenvalue weighted by atomic mass is 10.0. The summed E-state index contributed by atoms with van der Waals surface area (Å²) in [7, 11) is 0. The van der Waals surface area contributed by atoms with Crippen molar-refractivity contribution in [1.29, 1.82) is 5.26 Å². The number of H-pyrrole nitrogens is 1. The summed E-state index contributed by atoms with van der Waals surface area (Å²) in [6.45, 7) is 2.04. The molecule has 0 bridgehead atoms. The number of nitrogens with zero attached hydrogens (tertiary/aromatic N) is 3. The minimum atomic E-state index is -0.306. The van der Waals surface area contributed by atoms with Crippen molar-refractivity contribution in [3.8, 4) is 6.07 Å². The number of carbonyl (C=O) groups is 1. The second kappa shape index (κ2) is 6.91. The van der Waals surface area contributed by atoms with Crippen LogP contribution in [0.5, 0.6) is 0 Å². The van der Waals surface area contributed by atoms with Crippen LogP contribution in [0.4, 0.5) is 16.4 Å². The molecule has 0 unspecified atom stereocenters. The van der Waals surface area contributed by atoms with Gasteiger partial charge in [-0.25, -0.2) is 9.78 Å². The lowest BCUT2D eigenvalue weighted by Gasteiger charge is -2.16. The fourth-order valence-electron chi connectivity index (χ4n) is 3.34. The maximum absolute atomic E-state index is 12.0. The molecule has 4 rings (SSSR count). The summed E-state index contributed by atoms with van der Waals surface area (Å²) < 4.78 is 5.57. The van der Waals surface area contributed by atoms with Gasteiger partial charge in [0.25, 0.3) is 0 Å². The van der Waals surface area contributed by atoms with Gasteiger partial charge in [-0.05, 0) is 51.2 Å². The molecule has 2 aliphatic carbocycles. The highest BCUT2D eigenvalue weighted by atomic mass is 16.6. The number of carbonyl (C=O) groups excluding carboxylic acids is 1. The standard InChI is InChI=1S/C19H22N6O2/c1-19(6-7-19)23-18(26)27-14-4-3-13(8-14)15-9-17(25-24-15)22-16-5-2-12(10-20)11-21-16/h2,5,9,11,13-14H,3-4,6-8H2,1H3,(H,23,26)(H2,21,22,24,25)/t13-,14+/m0/s1. The van der Waals surface area contributed by atoms with Gasteiger partial charge in [-0.15, -0.1) is 0 Å². The van der Waals surface area contributed by atoms with Crippen LogP contribution in [-0.2, 0) is 4.74 Å². The van der Waals surface area contributed by atoms with Gasteiger partial charge in [0.1, 0.15) is 18.0 Å². The Kier molecular flexibility index (Phi) is 4.44. The molecule has 1 amide bonds. The lowest BCUT2D eigenvalue weighted by molar-refractivity contribution is 0.0967. The molecule has 2 saturated carbocycles. The molecule has 27 heavy (non-hydrogen) atoms. The van der Waals surface area contributed by atoms with Crippen LogP contribution in [-0.4, -0.2) is 32.9 Å². The van der Waals surface area contributed by atoms with Gasteiger partial charge in [0.2, 0.25) is 0 Å². The molecule has 2 atom stereocenters. The minimum absolute atomic E-state index is 0.0570. The molecule has 3 N–H and O–H groups in total. The average Bonchev–Trinajstić information content (AvgIpc) is 3.03. The topological polar surface area (TPSA) is 116 Å². The predicted molar refractivity (Wildman–Crippen MR) is 98.5 cm³/mol. The molecule has 2 heterocycles. The average molecular weight is 366 g/mol. The van der Waals surface area contributed by atoms with Gasteiger partial charge >= 0.3 is 6.09 Å². The van der Waals surface area contributed by atoms with Crippen LogP contribution in [0.1, 0.15) is 56.2 Å². The van der Waals surface area contributed by atoms with E-state index in [9.17, 15) is 4.79 Å². The molecule has 0 spiro atoms. The van der Waals surface area contributed by atoms with Crippen LogP contribution >= 0.6 is 0 Å². The van der Waals surface area contributed by atoms with E-state index in [0.717, 1.165) is 37.8 Å². The van der Waals surface area contributed by atoms with Gasteiger partial charge in [0.15, 0.2) is 5.82 Å². The van der Waals surface area contributed by atoms with E-state index in [1.807, 2.05) is 19.1 Å². The highest BCUT2D eigenvalue weighted by Crippen LogP contribution is 2.37. The van der Waals surface area contributed by atoms with Crippen molar-refractivity contribution in [3.05, 3.63) is 35.7 Å². The minimum Gasteiger partial charge on any atom is -0.446 e. The van der Waals surface area contributed by atoms with Crippen LogP contribution in [0.25, 0.3) is 0 Å². The summed E-state index contributed by atoms with van der Waals surface area (Å²) in [5.41, 5.74) is 1.48. The maximum Gasteiger partial charge on any atom is 0.407 e. The molecule has 8 nitrogen and oxygen atoms in total. The Morgan fingerprint density at radius 2 is 2.22 bits per heavy atom. The van der Waals surface area contributed by atoms with Crippen molar-refractivity contribution in [2.24, 2.45) is 0 Å². The number of amides is 1. The van der Waals surface area contributed by atoms with E-state index < -0.39 is 0 Å². The molecule has 2 aromatic heterocycles. The van der Waals surface area contributed by atoms with Gasteiger partial charge < -0.3 is 15.4 Å². The van der Waals surface area contributed by atoms with Crippen LogP contribution in [0.15, 0.2) is 24.4 Å². The van der Waals surface area contributed by atoms with Crippen molar-refractivity contribution in [2.75, 3.05) is 5.32 Å². The third-order valence-electron chi connectivity index (χ3n) is 5.25. The highest BCUT2D eigenvalue weighted by Gasteiger charge is 2.40. The summed E-state index contributed by atoms with van der Waals surface area (Å²) in [4.78, 5) is 16.1. The molecular formula is C19H22N6O2. The van der Waals surface area contributed by atoms with Gasteiger partial charge in [0, 0.05) is 29.4 Å². The molecule has 0 radical (unpaired) electrons. The van der Waals surface area contributed by atoms with E-state index in [4.69, 9.17) is 10.00 Å². The Hall–Kier alpha value is -3.08. The first-order valence-electron chi connectivity index (χ1n) is 9.20. The van der Waals surface area contributed by atoms with Crippen LogP contribution in [0.3, 0.4) is 0 Å². The van der Waals surface area contributed by atoms with E-state index in [2.05, 4.69) is 25.8 Å². The number of alkyl carbamates (subject to hydrolysis) is 1. The second-order valence-corrected chi connectivity index (χ2v) is 7.60. The number of hydrogen-bond acceptors (Lipinski definition) is 6. The largest absolute Gasteiger partial charge is 0.446 e. The van der Waals surface area contributed by atoms with Crippen molar-refractivity contribution in [1.82, 2.24) is 20.5 Å². The summed E-state index contributed by atoms with van der Waals surface area (Å²) in [5, 5.41) is 22.2. The zero-order valence-corrected chi connectivity index (χ0v) is 15.2. The zero-order chi connectivity index (χ0) is 18.9. The molecule has 0 aromatic carbocycles. The molecule has 2 fully saturated rings. The summed E-state index contributed by atoms with van der Waals surface area (Å²) in [6.07, 6.45) is 5.79. The Morgan fingerprint density at radius 1 is 1.37 bits per heavy atom. The molecule has 0 aliphatic heterocycles. The van der Waals surface area contributed by atoms with Crippen LogP contribution in [0.2, 0.25) is 0 Å². The number of pyridine rings is 1. The normalized spacial score (nSPS) is 22.7. The molecule has 8 heteroatoms. The molecular weight excluding hydrogens is 344 g/mol. The van der Waals surface area contributed by atoms with Crippen LogP contribution in [0, 0.1) is 11.3 Å². The highest BCUT2D eigenvalue weighted by molar-refractivity contribution is 5.69. The Morgan fingerprint density at radius 3 is 2.93 bits per heavy atom. The number of rotatable bonds is 5. The van der Waals surface area contributed by atoms with Crippen LogP contribution < -0.4 is 10.6 Å². The van der Waals surface area contributed by atoms with Gasteiger partial charge in [-0.2, -0.15) is 10.4 Å². The Bertz CT molecular complexity index is 865. The number of hydrogen-bond donors (Lipinski definition) is 3. The third kappa shape index (κ3) is 4.19. The quantitative estimate of drug-likeness (QED) is 0.747. The molecule has 2 aromatic rings. The summed E-state index contributed by atoms with van der Waals surface area (Å²) >= 11 is 0. The van der Waals surface area contributed by atoms with E-state index in [-0.39, 0.29) is 23.7 Å². The van der Waals surface area contributed by atoms with E-state index in [0.29, 0.717) is 17.2 Å². The lowest BCUT2D eigenvalue weighted by Crippen LogP contribution is -2.36. The first kappa shape index (κ1) is 17.3. The summed E-state index contributed by atoms with van der Waals surface area (Å²) in [5.74, 6) is 1.59. The van der Waals surface area contributed by atoms with Gasteiger partial charge in [0.05, 0.1) is 5.56 Å². The van der Waals surface area contributed by atoms with Gasteiger partial charge in [-0.3, -0.25) is 5.10 Å². The number of aromatic nitrogens is 3. The van der Waals surface area contributed by atoms with Gasteiger partial charge in [-0.1, -0.05) is 0 Å². The smallest absolute Gasteiger partial charge is 0.407 e. The predicted octanol–water partition coefficient (Wildman–Crippen LogP) is 3.33. The Labute approximate surface area is 157 Å². The fourth-order valence-corrected chi connectivity index (χ4v) is 3.34. The first-order chi connectivity index (χ1) is 13.0. The number of ether oxygens (including phenoxy) is 1. The van der Waals surface area contributed by atoms with E-state index in [1.165, 1.54) is 6.20 Å². The van der Waals surface area contributed by atoms with Crippen molar-refractivity contribution >= 4 is 17.7 Å². The first-order valence-corrected chi connectivity index (χ1v) is 9.20. The number of nitriles is 1. The fraction of sp³-hybridized carbons (Fsp3) is 0.474. The number of aromatic amines is 1. The number of anilines is 2. The molecule has 2 aliphatic rings. The molecule has 140 valence electrons. The van der Waals surface area contributed by atoms with Crippen molar-refractivity contribution in [3.63, 3.8) is 0 Å².